The van der Waals surface area contributed by atoms with E-state index in [4.69, 9.17) is 0 Å². The van der Waals surface area contributed by atoms with Gasteiger partial charge in [0.2, 0.25) is 0 Å². The summed E-state index contributed by atoms with van der Waals surface area (Å²) >= 11 is 0. The fourth-order valence-corrected chi connectivity index (χ4v) is 1.23. The van der Waals surface area contributed by atoms with Crippen LogP contribution in [0.5, 0.6) is 0 Å². The maximum absolute atomic E-state index is 13.4. The number of carbonyl (C=O) groups excluding carboxylic acids is 1. The average molecular weight is 212 g/mol. The third kappa shape index (κ3) is 2.22. The van der Waals surface area contributed by atoms with E-state index < -0.39 is 17.0 Å². The number of Topliss-reactive ketones (excluding diaryl/α,β-unsaturated/α-hetero) is 1. The van der Waals surface area contributed by atoms with E-state index in [0.717, 1.165) is 0 Å². The number of ketones is 1. The Morgan fingerprint density at radius 2 is 1.67 bits per heavy atom. The summed E-state index contributed by atoms with van der Waals surface area (Å²) in [6.07, 6.45) is 0. The van der Waals surface area contributed by atoms with Gasteiger partial charge in [0, 0.05) is 5.41 Å². The molecule has 82 valence electrons. The Balaban J connectivity index is 3.29. The summed E-state index contributed by atoms with van der Waals surface area (Å²) in [6, 6.07) is 2.75. The minimum Gasteiger partial charge on any atom is -0.293 e. The van der Waals surface area contributed by atoms with E-state index in [2.05, 4.69) is 0 Å². The van der Waals surface area contributed by atoms with Gasteiger partial charge in [0.25, 0.3) is 0 Å². The fraction of sp³-hybridized carbons (Fsp3) is 0.417. The number of rotatable bonds is 1. The maximum Gasteiger partial charge on any atom is 0.171 e. The van der Waals surface area contributed by atoms with Crippen LogP contribution in [0.1, 0.15) is 36.7 Å². The average Bonchev–Trinajstić information content (AvgIpc) is 2.12. The zero-order valence-corrected chi connectivity index (χ0v) is 9.32. The maximum atomic E-state index is 13.4. The Labute approximate surface area is 88.1 Å². The van der Waals surface area contributed by atoms with Crippen LogP contribution in [0, 0.1) is 24.0 Å². The predicted molar refractivity (Wildman–Crippen MR) is 54.9 cm³/mol. The predicted octanol–water partition coefficient (Wildman–Crippen LogP) is 3.50. The van der Waals surface area contributed by atoms with Gasteiger partial charge in [0.15, 0.2) is 17.4 Å². The highest BCUT2D eigenvalue weighted by Crippen LogP contribution is 2.24. The first-order valence-electron chi connectivity index (χ1n) is 4.74. The third-order valence-electron chi connectivity index (χ3n) is 2.20. The molecule has 0 heterocycles. The van der Waals surface area contributed by atoms with Crippen LogP contribution >= 0.6 is 0 Å². The van der Waals surface area contributed by atoms with Crippen LogP contribution in [-0.4, -0.2) is 5.78 Å². The SMILES string of the molecule is Cc1ccc(C(=O)C(C)(C)C)c(F)c1F. The summed E-state index contributed by atoms with van der Waals surface area (Å²) in [5.74, 6) is -2.38. The van der Waals surface area contributed by atoms with Crippen molar-refractivity contribution in [1.29, 1.82) is 0 Å². The Hall–Kier alpha value is -1.25. The van der Waals surface area contributed by atoms with Crippen molar-refractivity contribution >= 4 is 5.78 Å². The summed E-state index contributed by atoms with van der Waals surface area (Å²) in [7, 11) is 0. The number of benzene rings is 1. The molecule has 0 radical (unpaired) electrons. The van der Waals surface area contributed by atoms with E-state index in [9.17, 15) is 13.6 Å². The second-order valence-corrected chi connectivity index (χ2v) is 4.64. The fourth-order valence-electron chi connectivity index (χ4n) is 1.23. The number of halogens is 2. The lowest BCUT2D eigenvalue weighted by atomic mass is 9.86. The van der Waals surface area contributed by atoms with E-state index in [1.165, 1.54) is 19.1 Å². The molecule has 1 nitrogen and oxygen atoms in total. The third-order valence-corrected chi connectivity index (χ3v) is 2.20. The Morgan fingerprint density at radius 3 is 2.13 bits per heavy atom. The number of hydrogen-bond donors (Lipinski definition) is 0. The van der Waals surface area contributed by atoms with Gasteiger partial charge in [-0.25, -0.2) is 8.78 Å². The van der Waals surface area contributed by atoms with Gasteiger partial charge in [-0.2, -0.15) is 0 Å². The summed E-state index contributed by atoms with van der Waals surface area (Å²) in [4.78, 5) is 11.7. The lowest BCUT2D eigenvalue weighted by Crippen LogP contribution is -2.22. The van der Waals surface area contributed by atoms with Gasteiger partial charge in [0.1, 0.15) is 0 Å². The van der Waals surface area contributed by atoms with Crippen LogP contribution in [0.2, 0.25) is 0 Å². The minimum absolute atomic E-state index is 0.175. The molecule has 0 aliphatic carbocycles. The van der Waals surface area contributed by atoms with Crippen molar-refractivity contribution < 1.29 is 13.6 Å². The summed E-state index contributed by atoms with van der Waals surface area (Å²) in [5, 5.41) is 0. The van der Waals surface area contributed by atoms with Gasteiger partial charge in [-0.3, -0.25) is 4.79 Å². The molecule has 0 saturated heterocycles. The van der Waals surface area contributed by atoms with Gasteiger partial charge in [0.05, 0.1) is 5.56 Å². The molecule has 0 spiro atoms. The number of hydrogen-bond acceptors (Lipinski definition) is 1. The normalized spacial score (nSPS) is 11.6. The minimum atomic E-state index is -1.05. The van der Waals surface area contributed by atoms with E-state index in [1.54, 1.807) is 20.8 Å². The van der Waals surface area contributed by atoms with E-state index in [1.807, 2.05) is 0 Å². The molecule has 3 heteroatoms. The zero-order chi connectivity index (χ0) is 11.8. The van der Waals surface area contributed by atoms with Crippen LogP contribution in [0.4, 0.5) is 8.78 Å². The first kappa shape index (κ1) is 11.8. The molecule has 1 aromatic carbocycles. The Kier molecular flexibility index (Phi) is 2.93. The van der Waals surface area contributed by atoms with Crippen LogP contribution in [0.15, 0.2) is 12.1 Å². The second kappa shape index (κ2) is 3.72. The van der Waals surface area contributed by atoms with Crippen LogP contribution in [-0.2, 0) is 0 Å². The van der Waals surface area contributed by atoms with Crippen molar-refractivity contribution in [2.75, 3.05) is 0 Å². The molecular formula is C12H14F2O. The summed E-state index contributed by atoms with van der Waals surface area (Å²) in [6.45, 7) is 6.48. The molecule has 0 fully saturated rings. The molecular weight excluding hydrogens is 198 g/mol. The van der Waals surface area contributed by atoms with Crippen molar-refractivity contribution in [1.82, 2.24) is 0 Å². The molecule has 0 N–H and O–H groups in total. The monoisotopic (exact) mass is 212 g/mol. The van der Waals surface area contributed by atoms with E-state index >= 15 is 0 Å². The van der Waals surface area contributed by atoms with Crippen molar-refractivity contribution in [3.05, 3.63) is 34.9 Å². The van der Waals surface area contributed by atoms with Gasteiger partial charge < -0.3 is 0 Å². The molecule has 0 amide bonds. The molecule has 1 aromatic rings. The van der Waals surface area contributed by atoms with Crippen LogP contribution in [0.25, 0.3) is 0 Å². The quantitative estimate of drug-likeness (QED) is 0.651. The van der Waals surface area contributed by atoms with Gasteiger partial charge in [-0.15, -0.1) is 0 Å². The van der Waals surface area contributed by atoms with Crippen LogP contribution < -0.4 is 0 Å². The largest absolute Gasteiger partial charge is 0.293 e. The highest BCUT2D eigenvalue weighted by molar-refractivity contribution is 6.00. The molecule has 0 aliphatic rings. The highest BCUT2D eigenvalue weighted by Gasteiger charge is 2.27. The molecule has 0 saturated carbocycles. The molecule has 0 unspecified atom stereocenters. The van der Waals surface area contributed by atoms with Crippen molar-refractivity contribution in [2.24, 2.45) is 5.41 Å². The molecule has 0 bridgehead atoms. The smallest absolute Gasteiger partial charge is 0.171 e. The Morgan fingerprint density at radius 1 is 1.13 bits per heavy atom. The first-order valence-corrected chi connectivity index (χ1v) is 4.74. The molecule has 0 atom stereocenters. The van der Waals surface area contributed by atoms with E-state index in [-0.39, 0.29) is 16.9 Å². The topological polar surface area (TPSA) is 17.1 Å². The number of aryl methyl sites for hydroxylation is 1. The molecule has 15 heavy (non-hydrogen) atoms. The lowest BCUT2D eigenvalue weighted by Gasteiger charge is -2.17. The standard InChI is InChI=1S/C12H14F2O/c1-7-5-6-8(10(14)9(7)13)11(15)12(2,3)4/h5-6H,1-4H3. The van der Waals surface area contributed by atoms with E-state index in [0.29, 0.717) is 0 Å². The van der Waals surface area contributed by atoms with Crippen molar-refractivity contribution in [3.63, 3.8) is 0 Å². The highest BCUT2D eigenvalue weighted by atomic mass is 19.2. The zero-order valence-electron chi connectivity index (χ0n) is 9.32. The van der Waals surface area contributed by atoms with Crippen molar-refractivity contribution in [2.45, 2.75) is 27.7 Å². The van der Waals surface area contributed by atoms with Crippen LogP contribution in [0.3, 0.4) is 0 Å². The van der Waals surface area contributed by atoms with Gasteiger partial charge in [-0.05, 0) is 18.6 Å². The summed E-state index contributed by atoms with van der Waals surface area (Å²) < 4.78 is 26.7. The van der Waals surface area contributed by atoms with Gasteiger partial charge >= 0.3 is 0 Å². The first-order chi connectivity index (χ1) is 6.75. The Bertz CT molecular complexity index is 403. The lowest BCUT2D eigenvalue weighted by molar-refractivity contribution is 0.0853. The second-order valence-electron chi connectivity index (χ2n) is 4.64. The molecule has 1 rings (SSSR count). The van der Waals surface area contributed by atoms with Crippen molar-refractivity contribution in [3.8, 4) is 0 Å². The molecule has 0 aromatic heterocycles. The van der Waals surface area contributed by atoms with Gasteiger partial charge in [-0.1, -0.05) is 26.8 Å². The molecule has 0 aliphatic heterocycles. The summed E-state index contributed by atoms with van der Waals surface area (Å²) in [5.41, 5.74) is -0.675. The number of carbonyl (C=O) groups is 1.